The second kappa shape index (κ2) is 5.66. The fourth-order valence-electron chi connectivity index (χ4n) is 2.00. The summed E-state index contributed by atoms with van der Waals surface area (Å²) in [5.41, 5.74) is 3.28. The second-order valence-electron chi connectivity index (χ2n) is 6.08. The van der Waals surface area contributed by atoms with Crippen LogP contribution in [0.2, 0.25) is 0 Å². The average Bonchev–Trinajstić information content (AvgIpc) is 2.65. The van der Waals surface area contributed by atoms with Gasteiger partial charge >= 0.3 is 0 Å². The van der Waals surface area contributed by atoms with E-state index in [0.717, 1.165) is 33.8 Å². The Morgan fingerprint density at radius 3 is 2.50 bits per heavy atom. The maximum absolute atomic E-state index is 4.54. The van der Waals surface area contributed by atoms with Crippen LogP contribution in [0.5, 0.6) is 0 Å². The minimum Gasteiger partial charge on any atom is -0.308 e. The summed E-state index contributed by atoms with van der Waals surface area (Å²) < 4.78 is 2.88. The number of pyridine rings is 1. The van der Waals surface area contributed by atoms with E-state index >= 15 is 0 Å². The first kappa shape index (κ1) is 15.2. The number of rotatable bonds is 3. The SMILES string of the molecule is Cc1cc(C)n(-c2ncc(Br)cc2CNC(C)(C)C)n1. The highest BCUT2D eigenvalue weighted by atomic mass is 79.9. The Morgan fingerprint density at radius 2 is 1.95 bits per heavy atom. The fraction of sp³-hybridized carbons (Fsp3) is 0.467. The highest BCUT2D eigenvalue weighted by Crippen LogP contribution is 2.19. The summed E-state index contributed by atoms with van der Waals surface area (Å²) >= 11 is 3.49. The molecule has 0 radical (unpaired) electrons. The van der Waals surface area contributed by atoms with Crippen molar-refractivity contribution in [2.45, 2.75) is 46.7 Å². The molecule has 108 valence electrons. The van der Waals surface area contributed by atoms with Crippen LogP contribution in [0.1, 0.15) is 37.7 Å². The van der Waals surface area contributed by atoms with Crippen molar-refractivity contribution < 1.29 is 0 Å². The number of aromatic nitrogens is 3. The van der Waals surface area contributed by atoms with E-state index < -0.39 is 0 Å². The molecule has 0 fully saturated rings. The first-order valence-corrected chi connectivity index (χ1v) is 7.49. The predicted octanol–water partition coefficient (Wildman–Crippen LogP) is 3.53. The molecule has 0 amide bonds. The maximum atomic E-state index is 4.54. The lowest BCUT2D eigenvalue weighted by atomic mass is 10.1. The minimum absolute atomic E-state index is 0.0642. The number of aryl methyl sites for hydroxylation is 2. The lowest BCUT2D eigenvalue weighted by Crippen LogP contribution is -2.35. The summed E-state index contributed by atoms with van der Waals surface area (Å²) in [5, 5.41) is 8.03. The van der Waals surface area contributed by atoms with E-state index in [1.54, 1.807) is 0 Å². The third-order valence-electron chi connectivity index (χ3n) is 2.93. The molecule has 0 aliphatic carbocycles. The van der Waals surface area contributed by atoms with Crippen molar-refractivity contribution >= 4 is 15.9 Å². The zero-order valence-corrected chi connectivity index (χ0v) is 14.2. The second-order valence-corrected chi connectivity index (χ2v) is 6.99. The van der Waals surface area contributed by atoms with Gasteiger partial charge in [-0.15, -0.1) is 0 Å². The van der Waals surface area contributed by atoms with Gasteiger partial charge in [0.2, 0.25) is 0 Å². The highest BCUT2D eigenvalue weighted by molar-refractivity contribution is 9.10. The Labute approximate surface area is 128 Å². The van der Waals surface area contributed by atoms with Crippen LogP contribution in [0.3, 0.4) is 0 Å². The molecule has 0 atom stereocenters. The molecule has 2 heterocycles. The molecule has 0 aromatic carbocycles. The van der Waals surface area contributed by atoms with Gasteiger partial charge in [-0.25, -0.2) is 9.67 Å². The van der Waals surface area contributed by atoms with Crippen LogP contribution in [0.15, 0.2) is 22.8 Å². The van der Waals surface area contributed by atoms with E-state index in [0.29, 0.717) is 0 Å². The Kier molecular flexibility index (Phi) is 4.30. The van der Waals surface area contributed by atoms with Crippen LogP contribution < -0.4 is 5.32 Å². The van der Waals surface area contributed by atoms with E-state index in [-0.39, 0.29) is 5.54 Å². The monoisotopic (exact) mass is 336 g/mol. The van der Waals surface area contributed by atoms with Crippen LogP contribution in [0.25, 0.3) is 5.82 Å². The van der Waals surface area contributed by atoms with E-state index in [9.17, 15) is 0 Å². The quantitative estimate of drug-likeness (QED) is 0.932. The van der Waals surface area contributed by atoms with Crippen molar-refractivity contribution in [1.82, 2.24) is 20.1 Å². The molecule has 0 aliphatic heterocycles. The van der Waals surface area contributed by atoms with E-state index in [1.165, 1.54) is 0 Å². The molecule has 0 saturated carbocycles. The van der Waals surface area contributed by atoms with Gasteiger partial charge in [-0.05, 0) is 62.7 Å². The summed E-state index contributed by atoms with van der Waals surface area (Å²) in [6.07, 6.45) is 1.81. The Morgan fingerprint density at radius 1 is 1.25 bits per heavy atom. The van der Waals surface area contributed by atoms with Gasteiger partial charge in [-0.2, -0.15) is 5.10 Å². The Balaban J connectivity index is 2.40. The van der Waals surface area contributed by atoms with E-state index in [1.807, 2.05) is 24.7 Å². The third-order valence-corrected chi connectivity index (χ3v) is 3.36. The van der Waals surface area contributed by atoms with Crippen molar-refractivity contribution in [2.75, 3.05) is 0 Å². The summed E-state index contributed by atoms with van der Waals surface area (Å²) in [6.45, 7) is 11.3. The predicted molar refractivity (Wildman–Crippen MR) is 85.1 cm³/mol. The molecule has 1 N–H and O–H groups in total. The van der Waals surface area contributed by atoms with Crippen LogP contribution in [-0.2, 0) is 6.54 Å². The topological polar surface area (TPSA) is 42.7 Å². The highest BCUT2D eigenvalue weighted by Gasteiger charge is 2.14. The van der Waals surface area contributed by atoms with Crippen LogP contribution in [0, 0.1) is 13.8 Å². The molecule has 0 saturated heterocycles. The molecular formula is C15H21BrN4. The molecule has 2 aromatic heterocycles. The first-order valence-electron chi connectivity index (χ1n) is 6.69. The molecule has 20 heavy (non-hydrogen) atoms. The van der Waals surface area contributed by atoms with Gasteiger partial charge in [-0.1, -0.05) is 0 Å². The van der Waals surface area contributed by atoms with Crippen molar-refractivity contribution in [2.24, 2.45) is 0 Å². The average molecular weight is 337 g/mol. The van der Waals surface area contributed by atoms with Gasteiger partial charge in [0, 0.05) is 34.0 Å². The zero-order valence-electron chi connectivity index (χ0n) is 12.7. The van der Waals surface area contributed by atoms with Gasteiger partial charge in [-0.3, -0.25) is 0 Å². The summed E-state index contributed by atoms with van der Waals surface area (Å²) in [5.74, 6) is 0.885. The number of halogens is 1. The number of nitrogens with one attached hydrogen (secondary N) is 1. The van der Waals surface area contributed by atoms with Gasteiger partial charge in [0.05, 0.1) is 5.69 Å². The summed E-state index contributed by atoms with van der Waals surface area (Å²) in [7, 11) is 0. The van der Waals surface area contributed by atoms with Crippen molar-refractivity contribution in [3.05, 3.63) is 39.8 Å². The zero-order chi connectivity index (χ0) is 14.9. The third kappa shape index (κ3) is 3.67. The lowest BCUT2D eigenvalue weighted by molar-refractivity contribution is 0.423. The number of nitrogens with zero attached hydrogens (tertiary/aromatic N) is 3. The molecular weight excluding hydrogens is 316 g/mol. The Hall–Kier alpha value is -1.20. The fourth-order valence-corrected chi connectivity index (χ4v) is 2.38. The van der Waals surface area contributed by atoms with Gasteiger partial charge in [0.25, 0.3) is 0 Å². The summed E-state index contributed by atoms with van der Waals surface area (Å²) in [4.78, 5) is 4.54. The smallest absolute Gasteiger partial charge is 0.158 e. The van der Waals surface area contributed by atoms with Gasteiger partial charge in [0.1, 0.15) is 0 Å². The standard InChI is InChI=1S/C15H21BrN4/c1-10-6-11(2)20(19-10)14-12(7-13(16)9-17-14)8-18-15(3,4)5/h6-7,9,18H,8H2,1-5H3. The van der Waals surface area contributed by atoms with Gasteiger partial charge in [0.15, 0.2) is 5.82 Å². The lowest BCUT2D eigenvalue weighted by Gasteiger charge is -2.21. The Bertz CT molecular complexity index is 611. The maximum Gasteiger partial charge on any atom is 0.158 e. The van der Waals surface area contributed by atoms with E-state index in [2.05, 4.69) is 64.2 Å². The number of hydrogen-bond acceptors (Lipinski definition) is 3. The molecule has 5 heteroatoms. The molecule has 2 aromatic rings. The van der Waals surface area contributed by atoms with Crippen molar-refractivity contribution in [3.8, 4) is 5.82 Å². The minimum atomic E-state index is 0.0642. The van der Waals surface area contributed by atoms with Crippen LogP contribution >= 0.6 is 15.9 Å². The summed E-state index contributed by atoms with van der Waals surface area (Å²) in [6, 6.07) is 4.15. The molecule has 0 spiro atoms. The van der Waals surface area contributed by atoms with Gasteiger partial charge < -0.3 is 5.32 Å². The normalized spacial score (nSPS) is 11.9. The molecule has 4 nitrogen and oxygen atoms in total. The molecule has 0 unspecified atom stereocenters. The molecule has 0 aliphatic rings. The van der Waals surface area contributed by atoms with Crippen molar-refractivity contribution in [1.29, 1.82) is 0 Å². The first-order chi connectivity index (χ1) is 9.26. The molecule has 2 rings (SSSR count). The van der Waals surface area contributed by atoms with Crippen LogP contribution in [0.4, 0.5) is 0 Å². The van der Waals surface area contributed by atoms with E-state index in [4.69, 9.17) is 0 Å². The largest absolute Gasteiger partial charge is 0.308 e. The van der Waals surface area contributed by atoms with Crippen molar-refractivity contribution in [3.63, 3.8) is 0 Å². The number of hydrogen-bond donors (Lipinski definition) is 1. The molecule has 0 bridgehead atoms. The van der Waals surface area contributed by atoms with Crippen LogP contribution in [-0.4, -0.2) is 20.3 Å².